The van der Waals surface area contributed by atoms with Crippen molar-refractivity contribution in [1.29, 1.82) is 0 Å². The fourth-order valence-corrected chi connectivity index (χ4v) is 2.82. The molecule has 2 unspecified atom stereocenters. The number of anilines is 1. The Balaban J connectivity index is 2.19. The van der Waals surface area contributed by atoms with Gasteiger partial charge in [-0.1, -0.05) is 26.2 Å². The van der Waals surface area contributed by atoms with Crippen molar-refractivity contribution in [3.8, 4) is 0 Å². The van der Waals surface area contributed by atoms with Crippen LogP contribution < -0.4 is 5.32 Å². The summed E-state index contributed by atoms with van der Waals surface area (Å²) in [5, 5.41) is 23.1. The third-order valence-corrected chi connectivity index (χ3v) is 4.02. The second-order valence-electron chi connectivity index (χ2n) is 5.43. The summed E-state index contributed by atoms with van der Waals surface area (Å²) in [5.41, 5.74) is -0.462. The lowest BCUT2D eigenvalue weighted by atomic mass is 9.84. The number of hydrogen-bond acceptors (Lipinski definition) is 5. The molecule has 1 fully saturated rings. The van der Waals surface area contributed by atoms with Crippen LogP contribution in [0.1, 0.15) is 49.4 Å². The molecule has 0 aliphatic heterocycles. The highest BCUT2D eigenvalue weighted by Crippen LogP contribution is 2.29. The fourth-order valence-electron chi connectivity index (χ4n) is 2.82. The summed E-state index contributed by atoms with van der Waals surface area (Å²) < 4.78 is 0. The molecule has 1 aliphatic rings. The molecule has 0 radical (unpaired) electrons. The minimum atomic E-state index is -1.21. The lowest BCUT2D eigenvalue weighted by Gasteiger charge is -2.29. The zero-order valence-electron chi connectivity index (χ0n) is 11.9. The molecule has 2 N–H and O–H groups in total. The van der Waals surface area contributed by atoms with Gasteiger partial charge in [-0.25, -0.2) is 9.78 Å². The molecule has 0 bridgehead atoms. The molecule has 0 amide bonds. The van der Waals surface area contributed by atoms with Crippen molar-refractivity contribution in [1.82, 2.24) is 4.98 Å². The van der Waals surface area contributed by atoms with E-state index in [1.807, 2.05) is 0 Å². The number of carboxylic acid groups (broad SMARTS) is 1. The van der Waals surface area contributed by atoms with Crippen molar-refractivity contribution in [2.24, 2.45) is 5.92 Å². The summed E-state index contributed by atoms with van der Waals surface area (Å²) in [6, 6.07) is 1.23. The van der Waals surface area contributed by atoms with Gasteiger partial charge >= 0.3 is 5.97 Å². The van der Waals surface area contributed by atoms with E-state index in [1.54, 1.807) is 0 Å². The Labute approximate surface area is 122 Å². The van der Waals surface area contributed by atoms with E-state index in [1.165, 1.54) is 6.42 Å². The summed E-state index contributed by atoms with van der Waals surface area (Å²) in [4.78, 5) is 25.3. The number of rotatable bonds is 5. The maximum absolute atomic E-state index is 11.3. The van der Waals surface area contributed by atoms with Crippen LogP contribution in [0.25, 0.3) is 0 Å². The number of aromatic nitrogens is 1. The normalized spacial score (nSPS) is 21.8. The first-order chi connectivity index (χ1) is 10.0. The first-order valence-electron chi connectivity index (χ1n) is 7.15. The van der Waals surface area contributed by atoms with Gasteiger partial charge in [0, 0.05) is 12.1 Å². The number of nitrogens with zero attached hydrogens (tertiary/aromatic N) is 2. The van der Waals surface area contributed by atoms with E-state index in [4.69, 9.17) is 0 Å². The molecule has 0 spiro atoms. The lowest BCUT2D eigenvalue weighted by molar-refractivity contribution is -0.385. The molecule has 0 saturated heterocycles. The average Bonchev–Trinajstić information content (AvgIpc) is 2.47. The maximum atomic E-state index is 11.3. The molecule has 2 rings (SSSR count). The van der Waals surface area contributed by atoms with Crippen LogP contribution in [0.2, 0.25) is 0 Å². The highest BCUT2D eigenvalue weighted by atomic mass is 16.6. The highest BCUT2D eigenvalue weighted by Gasteiger charge is 2.24. The van der Waals surface area contributed by atoms with Gasteiger partial charge in [-0.2, -0.15) is 0 Å². The second kappa shape index (κ2) is 6.51. The molecule has 1 saturated carbocycles. The maximum Gasteiger partial charge on any atom is 0.339 e. The molecular formula is C14H19N3O4. The predicted octanol–water partition coefficient (Wildman–Crippen LogP) is 3.07. The Bertz CT molecular complexity index is 547. The molecule has 0 aromatic carbocycles. The van der Waals surface area contributed by atoms with Gasteiger partial charge in [-0.15, -0.1) is 0 Å². The van der Waals surface area contributed by atoms with Gasteiger partial charge in [-0.05, 0) is 18.8 Å². The van der Waals surface area contributed by atoms with Crippen LogP contribution in [0, 0.1) is 16.0 Å². The van der Waals surface area contributed by atoms with Crippen molar-refractivity contribution >= 4 is 17.5 Å². The van der Waals surface area contributed by atoms with Crippen molar-refractivity contribution in [3.05, 3.63) is 27.9 Å². The standard InChI is InChI=1S/C14H19N3O4/c1-2-9-4-3-5-10(6-9)16-13-12(14(18)19)7-11(8-15-13)17(20)21/h7-10H,2-6H2,1H3,(H,15,16)(H,18,19). The van der Waals surface area contributed by atoms with Crippen LogP contribution >= 0.6 is 0 Å². The Morgan fingerprint density at radius 3 is 2.95 bits per heavy atom. The first kappa shape index (κ1) is 15.2. The van der Waals surface area contributed by atoms with Crippen molar-refractivity contribution in [2.45, 2.75) is 45.1 Å². The smallest absolute Gasteiger partial charge is 0.339 e. The molecule has 114 valence electrons. The molecule has 1 aromatic heterocycles. The van der Waals surface area contributed by atoms with Crippen molar-refractivity contribution in [2.75, 3.05) is 5.32 Å². The van der Waals surface area contributed by atoms with Gasteiger partial charge in [0.05, 0.1) is 4.92 Å². The molecule has 7 heteroatoms. The largest absolute Gasteiger partial charge is 0.478 e. The Hall–Kier alpha value is -2.18. The van der Waals surface area contributed by atoms with E-state index in [9.17, 15) is 20.0 Å². The van der Waals surface area contributed by atoms with E-state index in [0.29, 0.717) is 5.92 Å². The summed E-state index contributed by atoms with van der Waals surface area (Å²) in [6.07, 6.45) is 6.45. The summed E-state index contributed by atoms with van der Waals surface area (Å²) >= 11 is 0. The number of hydrogen-bond donors (Lipinski definition) is 2. The van der Waals surface area contributed by atoms with E-state index in [-0.39, 0.29) is 23.1 Å². The number of aromatic carboxylic acids is 1. The van der Waals surface area contributed by atoms with Crippen LogP contribution in [0.3, 0.4) is 0 Å². The number of carboxylic acids is 1. The third-order valence-electron chi connectivity index (χ3n) is 4.02. The molecule has 21 heavy (non-hydrogen) atoms. The Morgan fingerprint density at radius 1 is 1.57 bits per heavy atom. The third kappa shape index (κ3) is 3.68. The molecule has 1 aromatic rings. The van der Waals surface area contributed by atoms with Gasteiger partial charge in [0.25, 0.3) is 5.69 Å². The molecule has 2 atom stereocenters. The van der Waals surface area contributed by atoms with Gasteiger partial charge in [0.1, 0.15) is 17.6 Å². The second-order valence-corrected chi connectivity index (χ2v) is 5.43. The van der Waals surface area contributed by atoms with E-state index in [0.717, 1.165) is 37.9 Å². The highest BCUT2D eigenvalue weighted by molar-refractivity contribution is 5.93. The van der Waals surface area contributed by atoms with Crippen molar-refractivity contribution < 1.29 is 14.8 Å². The van der Waals surface area contributed by atoms with Crippen molar-refractivity contribution in [3.63, 3.8) is 0 Å². The van der Waals surface area contributed by atoms with Gasteiger partial charge in [-0.3, -0.25) is 10.1 Å². The quantitative estimate of drug-likeness (QED) is 0.638. The molecule has 1 aliphatic carbocycles. The minimum Gasteiger partial charge on any atom is -0.478 e. The lowest BCUT2D eigenvalue weighted by Crippen LogP contribution is -2.28. The number of nitro groups is 1. The van der Waals surface area contributed by atoms with Gasteiger partial charge in [0.2, 0.25) is 0 Å². The SMILES string of the molecule is CCC1CCCC(Nc2ncc([N+](=O)[O-])cc2C(=O)O)C1. The Kier molecular flexibility index (Phi) is 4.72. The van der Waals surface area contributed by atoms with E-state index in [2.05, 4.69) is 17.2 Å². The van der Waals surface area contributed by atoms with Crippen LogP contribution in [-0.2, 0) is 0 Å². The molecular weight excluding hydrogens is 274 g/mol. The summed E-state index contributed by atoms with van der Waals surface area (Å²) in [6.45, 7) is 2.15. The molecule has 1 heterocycles. The molecule has 7 nitrogen and oxygen atoms in total. The van der Waals surface area contributed by atoms with Crippen LogP contribution in [-0.4, -0.2) is 27.0 Å². The summed E-state index contributed by atoms with van der Waals surface area (Å²) in [5.74, 6) is -0.353. The zero-order chi connectivity index (χ0) is 15.4. The van der Waals surface area contributed by atoms with Gasteiger partial charge in [0.15, 0.2) is 0 Å². The monoisotopic (exact) mass is 293 g/mol. The predicted molar refractivity (Wildman–Crippen MR) is 77.5 cm³/mol. The topological polar surface area (TPSA) is 105 Å². The first-order valence-corrected chi connectivity index (χ1v) is 7.15. The van der Waals surface area contributed by atoms with E-state index < -0.39 is 10.9 Å². The van der Waals surface area contributed by atoms with Gasteiger partial charge < -0.3 is 10.4 Å². The number of carbonyl (C=O) groups is 1. The van der Waals surface area contributed by atoms with Crippen LogP contribution in [0.5, 0.6) is 0 Å². The average molecular weight is 293 g/mol. The Morgan fingerprint density at radius 2 is 2.33 bits per heavy atom. The zero-order valence-corrected chi connectivity index (χ0v) is 11.9. The number of nitrogens with one attached hydrogen (secondary N) is 1. The van der Waals surface area contributed by atoms with Crippen LogP contribution in [0.4, 0.5) is 11.5 Å². The minimum absolute atomic E-state index is 0.150. The summed E-state index contributed by atoms with van der Waals surface area (Å²) in [7, 11) is 0. The van der Waals surface area contributed by atoms with Crippen LogP contribution in [0.15, 0.2) is 12.3 Å². The van der Waals surface area contributed by atoms with E-state index >= 15 is 0 Å². The fraction of sp³-hybridized carbons (Fsp3) is 0.571. The number of pyridine rings is 1.